The zero-order chi connectivity index (χ0) is 16.5. The molecule has 0 unspecified atom stereocenters. The lowest BCUT2D eigenvalue weighted by Gasteiger charge is -2.40. The average Bonchev–Trinajstić information content (AvgIpc) is 3.09. The number of carbonyl (C=O) groups excluding carboxylic acids is 2. The molecule has 3 aliphatic heterocycles. The molecule has 7 nitrogen and oxygen atoms in total. The second-order valence-corrected chi connectivity index (χ2v) is 6.23. The van der Waals surface area contributed by atoms with Gasteiger partial charge in [0.05, 0.1) is 6.61 Å². The number of amides is 2. The van der Waals surface area contributed by atoms with E-state index in [0.717, 1.165) is 12.8 Å². The van der Waals surface area contributed by atoms with Crippen molar-refractivity contribution in [2.45, 2.75) is 18.9 Å². The molecule has 2 amide bonds. The van der Waals surface area contributed by atoms with E-state index in [1.54, 1.807) is 18.2 Å². The van der Waals surface area contributed by atoms with E-state index in [-0.39, 0.29) is 31.3 Å². The number of nitrogens with zero attached hydrogens (tertiary/aromatic N) is 2. The van der Waals surface area contributed by atoms with Crippen LogP contribution in [0, 0.1) is 0 Å². The van der Waals surface area contributed by atoms with E-state index in [4.69, 9.17) is 14.2 Å². The van der Waals surface area contributed by atoms with Gasteiger partial charge < -0.3 is 24.0 Å². The number of rotatable bonds is 2. The van der Waals surface area contributed by atoms with Gasteiger partial charge in [0.15, 0.2) is 11.5 Å². The normalized spacial score (nSPS) is 21.2. The molecule has 0 atom stereocenters. The van der Waals surface area contributed by atoms with Crippen LogP contribution in [0.15, 0.2) is 18.2 Å². The Bertz CT molecular complexity index is 654. The predicted octanol–water partition coefficient (Wildman–Crippen LogP) is 0.879. The molecule has 128 valence electrons. The summed E-state index contributed by atoms with van der Waals surface area (Å²) < 4.78 is 15.8. The Morgan fingerprint density at radius 1 is 1.08 bits per heavy atom. The fraction of sp³-hybridized carbons (Fsp3) is 0.529. The first-order valence-corrected chi connectivity index (χ1v) is 8.28. The maximum Gasteiger partial charge on any atom is 0.253 e. The van der Waals surface area contributed by atoms with Crippen molar-refractivity contribution in [3.63, 3.8) is 0 Å². The van der Waals surface area contributed by atoms with E-state index in [0.29, 0.717) is 43.3 Å². The lowest BCUT2D eigenvalue weighted by molar-refractivity contribution is -0.146. The fourth-order valence-corrected chi connectivity index (χ4v) is 3.51. The quantitative estimate of drug-likeness (QED) is 0.804. The van der Waals surface area contributed by atoms with Crippen LogP contribution in [0.4, 0.5) is 0 Å². The molecule has 2 saturated heterocycles. The zero-order valence-corrected chi connectivity index (χ0v) is 13.4. The Kier molecular flexibility index (Phi) is 4.02. The number of fused-ring (bicyclic) bond motifs is 1. The molecule has 0 aromatic heterocycles. The first-order valence-electron chi connectivity index (χ1n) is 8.28. The van der Waals surface area contributed by atoms with E-state index >= 15 is 0 Å². The van der Waals surface area contributed by atoms with Gasteiger partial charge >= 0.3 is 0 Å². The predicted molar refractivity (Wildman–Crippen MR) is 84.0 cm³/mol. The molecule has 0 aliphatic carbocycles. The molecule has 1 aromatic rings. The van der Waals surface area contributed by atoms with Gasteiger partial charge in [0.2, 0.25) is 12.7 Å². The average molecular weight is 332 g/mol. The number of likely N-dealkylation sites (tertiary alicyclic amines) is 1. The Morgan fingerprint density at radius 3 is 2.67 bits per heavy atom. The van der Waals surface area contributed by atoms with Crippen molar-refractivity contribution in [2.24, 2.45) is 0 Å². The summed E-state index contributed by atoms with van der Waals surface area (Å²) in [5.41, 5.74) is 0.611. The molecule has 0 saturated carbocycles. The van der Waals surface area contributed by atoms with Gasteiger partial charge in [-0.1, -0.05) is 0 Å². The lowest BCUT2D eigenvalue weighted by Crippen LogP contribution is -2.52. The van der Waals surface area contributed by atoms with E-state index in [9.17, 15) is 9.59 Å². The fourth-order valence-electron chi connectivity index (χ4n) is 3.51. The topological polar surface area (TPSA) is 68.3 Å². The van der Waals surface area contributed by atoms with Crippen molar-refractivity contribution in [1.82, 2.24) is 9.80 Å². The monoisotopic (exact) mass is 332 g/mol. The Labute approximate surface area is 140 Å². The minimum Gasteiger partial charge on any atom is -0.454 e. The van der Waals surface area contributed by atoms with Crippen molar-refractivity contribution < 1.29 is 23.8 Å². The summed E-state index contributed by atoms with van der Waals surface area (Å²) in [6.07, 6.45) is 1.62. The number of morpholine rings is 1. The van der Waals surface area contributed by atoms with Crippen LogP contribution >= 0.6 is 0 Å². The maximum absolute atomic E-state index is 12.7. The third-order valence-corrected chi connectivity index (χ3v) is 4.83. The van der Waals surface area contributed by atoms with Gasteiger partial charge in [0.25, 0.3) is 5.91 Å². The second kappa shape index (κ2) is 6.32. The number of ether oxygens (including phenoxy) is 3. The van der Waals surface area contributed by atoms with Crippen LogP contribution in [0.2, 0.25) is 0 Å². The van der Waals surface area contributed by atoms with Crippen LogP contribution in [-0.2, 0) is 9.53 Å². The van der Waals surface area contributed by atoms with Crippen LogP contribution in [0.5, 0.6) is 11.5 Å². The first-order chi connectivity index (χ1) is 11.7. The molecular formula is C17H20N2O5. The summed E-state index contributed by atoms with van der Waals surface area (Å²) in [6, 6.07) is 5.49. The lowest BCUT2D eigenvalue weighted by atomic mass is 10.0. The van der Waals surface area contributed by atoms with Gasteiger partial charge in [-0.2, -0.15) is 0 Å². The van der Waals surface area contributed by atoms with Crippen LogP contribution in [0.25, 0.3) is 0 Å². The molecule has 0 spiro atoms. The van der Waals surface area contributed by atoms with Gasteiger partial charge in [-0.3, -0.25) is 9.59 Å². The molecule has 3 aliphatic rings. The third-order valence-electron chi connectivity index (χ3n) is 4.83. The first kappa shape index (κ1) is 15.3. The number of piperidine rings is 1. The van der Waals surface area contributed by atoms with Gasteiger partial charge in [0, 0.05) is 31.2 Å². The van der Waals surface area contributed by atoms with Crippen LogP contribution < -0.4 is 9.47 Å². The summed E-state index contributed by atoms with van der Waals surface area (Å²) in [6.45, 7) is 2.94. The van der Waals surface area contributed by atoms with Crippen molar-refractivity contribution >= 4 is 11.8 Å². The summed E-state index contributed by atoms with van der Waals surface area (Å²) in [5, 5.41) is 0. The SMILES string of the molecule is O=C(c1ccc2c(c1)OCO2)N1CCC(N2CCOCC2=O)CC1. The number of benzene rings is 1. The molecule has 4 rings (SSSR count). The van der Waals surface area contributed by atoms with E-state index in [1.165, 1.54) is 0 Å². The largest absolute Gasteiger partial charge is 0.454 e. The molecule has 2 fully saturated rings. The smallest absolute Gasteiger partial charge is 0.253 e. The van der Waals surface area contributed by atoms with Gasteiger partial charge in [0.1, 0.15) is 6.61 Å². The summed E-state index contributed by atoms with van der Waals surface area (Å²) in [4.78, 5) is 28.4. The number of hydrogen-bond donors (Lipinski definition) is 0. The highest BCUT2D eigenvalue weighted by molar-refractivity contribution is 5.95. The Hall–Kier alpha value is -2.28. The van der Waals surface area contributed by atoms with Crippen LogP contribution in [0.1, 0.15) is 23.2 Å². The zero-order valence-electron chi connectivity index (χ0n) is 13.4. The molecule has 3 heterocycles. The molecule has 0 radical (unpaired) electrons. The Balaban J connectivity index is 1.38. The van der Waals surface area contributed by atoms with Gasteiger partial charge in [-0.05, 0) is 31.0 Å². The highest BCUT2D eigenvalue weighted by atomic mass is 16.7. The van der Waals surface area contributed by atoms with E-state index in [1.807, 2.05) is 9.80 Å². The van der Waals surface area contributed by atoms with E-state index < -0.39 is 0 Å². The minimum atomic E-state index is 0.0000500. The summed E-state index contributed by atoms with van der Waals surface area (Å²) >= 11 is 0. The van der Waals surface area contributed by atoms with Crippen molar-refractivity contribution in [3.8, 4) is 11.5 Å². The minimum absolute atomic E-state index is 0.0000500. The van der Waals surface area contributed by atoms with Crippen LogP contribution in [0.3, 0.4) is 0 Å². The number of hydrogen-bond acceptors (Lipinski definition) is 5. The molecule has 24 heavy (non-hydrogen) atoms. The standard InChI is InChI=1S/C17H20N2O5/c20-16-10-22-8-7-19(16)13-3-5-18(6-4-13)17(21)12-1-2-14-15(9-12)24-11-23-14/h1-2,9,13H,3-8,10-11H2. The molecule has 7 heteroatoms. The second-order valence-electron chi connectivity index (χ2n) is 6.23. The molecule has 1 aromatic carbocycles. The van der Waals surface area contributed by atoms with Gasteiger partial charge in [-0.25, -0.2) is 0 Å². The maximum atomic E-state index is 12.7. The highest BCUT2D eigenvalue weighted by Crippen LogP contribution is 2.33. The van der Waals surface area contributed by atoms with E-state index in [2.05, 4.69) is 0 Å². The summed E-state index contributed by atoms with van der Waals surface area (Å²) in [5.74, 6) is 1.35. The number of carbonyl (C=O) groups is 2. The Morgan fingerprint density at radius 2 is 1.88 bits per heavy atom. The summed E-state index contributed by atoms with van der Waals surface area (Å²) in [7, 11) is 0. The molecule has 0 N–H and O–H groups in total. The van der Waals surface area contributed by atoms with Crippen molar-refractivity contribution in [1.29, 1.82) is 0 Å². The van der Waals surface area contributed by atoms with Crippen molar-refractivity contribution in [3.05, 3.63) is 23.8 Å². The molecule has 0 bridgehead atoms. The van der Waals surface area contributed by atoms with Crippen LogP contribution in [-0.4, -0.2) is 67.3 Å². The van der Waals surface area contributed by atoms with Gasteiger partial charge in [-0.15, -0.1) is 0 Å². The van der Waals surface area contributed by atoms with Crippen molar-refractivity contribution in [2.75, 3.05) is 39.6 Å². The molecular weight excluding hydrogens is 312 g/mol. The highest BCUT2D eigenvalue weighted by Gasteiger charge is 2.31. The third kappa shape index (κ3) is 2.80.